The number of rotatable bonds is 4. The number of hydrogen-bond acceptors (Lipinski definition) is 4. The lowest BCUT2D eigenvalue weighted by Gasteiger charge is -2.32. The molecule has 0 radical (unpaired) electrons. The number of thiophene rings is 1. The maximum Gasteiger partial charge on any atom is 0.270 e. The van der Waals surface area contributed by atoms with E-state index < -0.39 is 0 Å². The van der Waals surface area contributed by atoms with Crippen LogP contribution in [0.5, 0.6) is 0 Å². The summed E-state index contributed by atoms with van der Waals surface area (Å²) >= 11 is 1.73. The van der Waals surface area contributed by atoms with Gasteiger partial charge in [0.2, 0.25) is 0 Å². The van der Waals surface area contributed by atoms with Gasteiger partial charge in [-0.25, -0.2) is 0 Å². The number of piperazine rings is 1. The minimum absolute atomic E-state index is 0.175. The van der Waals surface area contributed by atoms with Crippen molar-refractivity contribution >= 4 is 17.2 Å². The van der Waals surface area contributed by atoms with Gasteiger partial charge in [-0.1, -0.05) is 6.07 Å². The zero-order chi connectivity index (χ0) is 16.4. The van der Waals surface area contributed by atoms with E-state index in [1.807, 2.05) is 23.2 Å². The van der Waals surface area contributed by atoms with E-state index in [0.29, 0.717) is 6.04 Å². The van der Waals surface area contributed by atoms with Crippen molar-refractivity contribution in [1.82, 2.24) is 19.7 Å². The van der Waals surface area contributed by atoms with Crippen LogP contribution in [0.1, 0.15) is 21.8 Å². The standard InChI is InChI=1S/C18H24N4OS/c23-18(17-4-1-8-21(17)14-16-3-2-12-24-16)22-9-5-15(13-22)20-10-6-19-7-11-20/h1-4,8,12,15,19H,5-7,9-11,13-14H2. The molecule has 2 aliphatic heterocycles. The van der Waals surface area contributed by atoms with Gasteiger partial charge in [0.25, 0.3) is 5.91 Å². The van der Waals surface area contributed by atoms with Crippen molar-refractivity contribution in [2.24, 2.45) is 0 Å². The Kier molecular flexibility index (Phi) is 4.69. The molecule has 1 unspecified atom stereocenters. The van der Waals surface area contributed by atoms with E-state index in [4.69, 9.17) is 0 Å². The van der Waals surface area contributed by atoms with Gasteiger partial charge in [0.15, 0.2) is 0 Å². The normalized spacial score (nSPS) is 22.2. The van der Waals surface area contributed by atoms with Crippen LogP contribution in [0.3, 0.4) is 0 Å². The summed E-state index contributed by atoms with van der Waals surface area (Å²) in [4.78, 5) is 18.8. The summed E-state index contributed by atoms with van der Waals surface area (Å²) < 4.78 is 2.08. The summed E-state index contributed by atoms with van der Waals surface area (Å²) in [6.07, 6.45) is 3.11. The fourth-order valence-electron chi connectivity index (χ4n) is 3.75. The average Bonchev–Trinajstić information content (AvgIpc) is 3.37. The van der Waals surface area contributed by atoms with Gasteiger partial charge >= 0.3 is 0 Å². The topological polar surface area (TPSA) is 40.5 Å². The highest BCUT2D eigenvalue weighted by atomic mass is 32.1. The predicted octanol–water partition coefficient (Wildman–Crippen LogP) is 1.72. The maximum atomic E-state index is 13.0. The molecule has 128 valence electrons. The molecule has 0 aliphatic carbocycles. The smallest absolute Gasteiger partial charge is 0.270 e. The highest BCUT2D eigenvalue weighted by molar-refractivity contribution is 7.09. The Balaban J connectivity index is 1.42. The fourth-order valence-corrected chi connectivity index (χ4v) is 4.45. The number of nitrogens with zero attached hydrogens (tertiary/aromatic N) is 3. The number of amides is 1. The number of likely N-dealkylation sites (tertiary alicyclic amines) is 1. The third-order valence-corrected chi connectivity index (χ3v) is 5.93. The Hall–Kier alpha value is -1.63. The van der Waals surface area contributed by atoms with Crippen LogP contribution in [0.4, 0.5) is 0 Å². The third-order valence-electron chi connectivity index (χ3n) is 5.07. The molecule has 2 aromatic heterocycles. The molecule has 6 heteroatoms. The van der Waals surface area contributed by atoms with Gasteiger partial charge in [-0.15, -0.1) is 11.3 Å². The summed E-state index contributed by atoms with van der Waals surface area (Å²) in [6, 6.07) is 8.63. The van der Waals surface area contributed by atoms with E-state index in [9.17, 15) is 4.79 Å². The van der Waals surface area contributed by atoms with Crippen molar-refractivity contribution in [1.29, 1.82) is 0 Å². The van der Waals surface area contributed by atoms with Gasteiger partial charge in [0.1, 0.15) is 5.69 Å². The second-order valence-electron chi connectivity index (χ2n) is 6.58. The van der Waals surface area contributed by atoms with E-state index in [1.165, 1.54) is 4.88 Å². The van der Waals surface area contributed by atoms with E-state index in [-0.39, 0.29) is 5.91 Å². The van der Waals surface area contributed by atoms with Crippen LogP contribution in [0.2, 0.25) is 0 Å². The molecule has 1 atom stereocenters. The molecule has 0 aromatic carbocycles. The molecule has 1 N–H and O–H groups in total. The maximum absolute atomic E-state index is 13.0. The third kappa shape index (κ3) is 3.27. The Morgan fingerprint density at radius 2 is 2.08 bits per heavy atom. The Morgan fingerprint density at radius 3 is 2.88 bits per heavy atom. The minimum Gasteiger partial charge on any atom is -0.338 e. The molecule has 24 heavy (non-hydrogen) atoms. The minimum atomic E-state index is 0.175. The largest absolute Gasteiger partial charge is 0.338 e. The predicted molar refractivity (Wildman–Crippen MR) is 96.6 cm³/mol. The summed E-state index contributed by atoms with van der Waals surface area (Å²) in [6.45, 7) is 6.84. The molecule has 4 rings (SSSR count). The molecule has 0 saturated carbocycles. The lowest BCUT2D eigenvalue weighted by molar-refractivity contribution is 0.0763. The first-order valence-corrected chi connectivity index (χ1v) is 9.61. The first kappa shape index (κ1) is 15.9. The van der Waals surface area contributed by atoms with Gasteiger partial charge in [0.05, 0.1) is 6.54 Å². The molecule has 2 fully saturated rings. The number of carbonyl (C=O) groups is 1. The number of hydrogen-bond donors (Lipinski definition) is 1. The molecular weight excluding hydrogens is 320 g/mol. The molecule has 2 aliphatic rings. The Bertz CT molecular complexity index is 675. The quantitative estimate of drug-likeness (QED) is 0.918. The SMILES string of the molecule is O=C(c1cccn1Cc1cccs1)N1CCC(N2CCNCC2)C1. The van der Waals surface area contributed by atoms with Gasteiger partial charge in [-0.05, 0) is 30.0 Å². The highest BCUT2D eigenvalue weighted by Gasteiger charge is 2.32. The zero-order valence-electron chi connectivity index (χ0n) is 13.9. The van der Waals surface area contributed by atoms with Crippen LogP contribution in [0.15, 0.2) is 35.8 Å². The van der Waals surface area contributed by atoms with Crippen molar-refractivity contribution < 1.29 is 4.79 Å². The molecular formula is C18H24N4OS. The second kappa shape index (κ2) is 7.09. The molecule has 0 spiro atoms. The van der Waals surface area contributed by atoms with Crippen LogP contribution in [-0.2, 0) is 6.54 Å². The van der Waals surface area contributed by atoms with Crippen molar-refractivity contribution in [3.63, 3.8) is 0 Å². The lowest BCUT2D eigenvalue weighted by Crippen LogP contribution is -2.49. The fraction of sp³-hybridized carbons (Fsp3) is 0.500. The van der Waals surface area contributed by atoms with Crippen LogP contribution in [0, 0.1) is 0 Å². The molecule has 2 saturated heterocycles. The van der Waals surface area contributed by atoms with Crippen molar-refractivity contribution in [2.45, 2.75) is 19.0 Å². The Labute approximate surface area is 146 Å². The van der Waals surface area contributed by atoms with Crippen LogP contribution >= 0.6 is 11.3 Å². The number of nitrogens with one attached hydrogen (secondary N) is 1. The molecule has 4 heterocycles. The summed E-state index contributed by atoms with van der Waals surface area (Å²) in [5, 5.41) is 5.48. The number of carbonyl (C=O) groups excluding carboxylic acids is 1. The molecule has 0 bridgehead atoms. The van der Waals surface area contributed by atoms with Gasteiger partial charge in [0, 0.05) is 56.4 Å². The average molecular weight is 344 g/mol. The van der Waals surface area contributed by atoms with Crippen molar-refractivity contribution in [2.75, 3.05) is 39.3 Å². The van der Waals surface area contributed by atoms with Crippen molar-refractivity contribution in [3.05, 3.63) is 46.4 Å². The molecule has 5 nitrogen and oxygen atoms in total. The number of aromatic nitrogens is 1. The Morgan fingerprint density at radius 1 is 1.21 bits per heavy atom. The summed E-state index contributed by atoms with van der Waals surface area (Å²) in [5.74, 6) is 0.175. The van der Waals surface area contributed by atoms with E-state index >= 15 is 0 Å². The molecule has 1 amide bonds. The monoisotopic (exact) mass is 344 g/mol. The van der Waals surface area contributed by atoms with E-state index in [2.05, 4.69) is 32.3 Å². The molecule has 2 aromatic rings. The zero-order valence-corrected chi connectivity index (χ0v) is 14.7. The first-order chi connectivity index (χ1) is 11.8. The summed E-state index contributed by atoms with van der Waals surface area (Å²) in [5.41, 5.74) is 0.810. The van der Waals surface area contributed by atoms with Crippen LogP contribution in [0.25, 0.3) is 0 Å². The van der Waals surface area contributed by atoms with E-state index in [1.54, 1.807) is 11.3 Å². The highest BCUT2D eigenvalue weighted by Crippen LogP contribution is 2.20. The van der Waals surface area contributed by atoms with Gasteiger partial charge in [-0.2, -0.15) is 0 Å². The van der Waals surface area contributed by atoms with Gasteiger partial charge < -0.3 is 14.8 Å². The van der Waals surface area contributed by atoms with Crippen LogP contribution < -0.4 is 5.32 Å². The van der Waals surface area contributed by atoms with E-state index in [0.717, 1.165) is 57.9 Å². The van der Waals surface area contributed by atoms with Gasteiger partial charge in [-0.3, -0.25) is 9.69 Å². The first-order valence-electron chi connectivity index (χ1n) is 8.73. The summed E-state index contributed by atoms with van der Waals surface area (Å²) in [7, 11) is 0. The van der Waals surface area contributed by atoms with Crippen LogP contribution in [-0.4, -0.2) is 65.6 Å². The second-order valence-corrected chi connectivity index (χ2v) is 7.61. The lowest BCUT2D eigenvalue weighted by atomic mass is 10.2. The van der Waals surface area contributed by atoms with Crippen molar-refractivity contribution in [3.8, 4) is 0 Å².